The molecule has 1 unspecified atom stereocenters. The van der Waals surface area contributed by atoms with Crippen molar-refractivity contribution in [1.29, 1.82) is 0 Å². The molecule has 0 bridgehead atoms. The van der Waals surface area contributed by atoms with Crippen molar-refractivity contribution in [1.82, 2.24) is 40.3 Å². The summed E-state index contributed by atoms with van der Waals surface area (Å²) in [6.45, 7) is 5.18. The zero-order valence-electron chi connectivity index (χ0n) is 45.9. The zero-order chi connectivity index (χ0) is 56.7. The smallest absolute Gasteiger partial charge is 0.314 e. The van der Waals surface area contributed by atoms with Crippen LogP contribution in [0.4, 0.5) is 21.0 Å². The number of amides is 5. The summed E-state index contributed by atoms with van der Waals surface area (Å²) in [5.74, 6) is 0.257. The summed E-state index contributed by atoms with van der Waals surface area (Å²) < 4.78 is 29.2. The van der Waals surface area contributed by atoms with Gasteiger partial charge in [0.05, 0.1) is 36.0 Å². The lowest BCUT2D eigenvalue weighted by Gasteiger charge is -2.35. The Morgan fingerprint density at radius 1 is 0.864 bits per heavy atom. The third-order valence-electron chi connectivity index (χ3n) is 16.0. The fraction of sp³-hybridized carbons (Fsp3) is 0.417. The number of piperazine rings is 1. The number of phenols is 1. The molecule has 81 heavy (non-hydrogen) atoms. The Hall–Kier alpha value is -7.39. The van der Waals surface area contributed by atoms with Gasteiger partial charge in [-0.05, 0) is 97.6 Å². The van der Waals surface area contributed by atoms with E-state index in [1.807, 2.05) is 71.3 Å². The number of likely N-dealkylation sites (N-methyl/N-ethyl adjacent to an activating group) is 2. The number of aromatic hydroxyl groups is 1. The minimum absolute atomic E-state index is 0.00291. The number of anilines is 2. The van der Waals surface area contributed by atoms with Gasteiger partial charge in [-0.25, -0.2) is 19.2 Å². The molecule has 0 spiro atoms. The van der Waals surface area contributed by atoms with Crippen LogP contribution in [0.5, 0.6) is 11.5 Å². The van der Waals surface area contributed by atoms with Crippen LogP contribution in [0.1, 0.15) is 69.3 Å². The number of hydrogen-bond donors (Lipinski definition) is 5. The first-order valence-corrected chi connectivity index (χ1v) is 29.2. The Labute approximate surface area is 479 Å². The van der Waals surface area contributed by atoms with Gasteiger partial charge < -0.3 is 55.9 Å². The summed E-state index contributed by atoms with van der Waals surface area (Å²) in [5, 5.41) is 26.7. The maximum atomic E-state index is 17.0. The number of aromatic nitrogens is 3. The topological polar surface area (TPSA) is 221 Å². The van der Waals surface area contributed by atoms with E-state index in [0.717, 1.165) is 72.0 Å². The molecule has 3 atom stereocenters. The summed E-state index contributed by atoms with van der Waals surface area (Å²) in [4.78, 5) is 74.4. The number of ether oxygens (including phenoxy) is 2. The molecule has 21 heteroatoms. The van der Waals surface area contributed by atoms with E-state index in [9.17, 15) is 24.3 Å². The van der Waals surface area contributed by atoms with Crippen molar-refractivity contribution >= 4 is 90.9 Å². The number of halogens is 2. The summed E-state index contributed by atoms with van der Waals surface area (Å²) in [6.07, 6.45) is 6.90. The van der Waals surface area contributed by atoms with Gasteiger partial charge >= 0.3 is 6.03 Å². The number of likely N-dealkylation sites (tertiary alicyclic amines) is 1. The average Bonchev–Trinajstić information content (AvgIpc) is 4.32. The Bertz CT molecular complexity index is 3450. The highest BCUT2D eigenvalue weighted by atomic mass is 35.5. The predicted molar refractivity (Wildman–Crippen MR) is 315 cm³/mol. The number of benzene rings is 5. The van der Waals surface area contributed by atoms with E-state index in [4.69, 9.17) is 36.8 Å². The van der Waals surface area contributed by atoms with Crippen molar-refractivity contribution < 1.29 is 38.1 Å². The third-order valence-corrected chi connectivity index (χ3v) is 17.2. The molecule has 5 amide bonds. The quantitative estimate of drug-likeness (QED) is 0.0450. The van der Waals surface area contributed by atoms with Crippen molar-refractivity contribution in [3.63, 3.8) is 0 Å². The highest BCUT2D eigenvalue weighted by Gasteiger charge is 2.40. The average molecular weight is 1140 g/mol. The molecule has 7 aromatic rings. The van der Waals surface area contributed by atoms with E-state index in [1.165, 1.54) is 11.0 Å². The summed E-state index contributed by atoms with van der Waals surface area (Å²) in [6, 6.07) is 22.4. The number of carbonyl (C=O) groups excluding carboxylic acids is 4. The van der Waals surface area contributed by atoms with Crippen LogP contribution in [-0.4, -0.2) is 150 Å². The Kier molecular flexibility index (Phi) is 18.0. The van der Waals surface area contributed by atoms with Crippen LogP contribution in [0.3, 0.4) is 0 Å². The molecule has 2 aliphatic heterocycles. The fourth-order valence-electron chi connectivity index (χ4n) is 11.4. The molecule has 1 saturated carbocycles. The number of thiazole rings is 1. The number of phenolic OH excluding ortho intramolecular Hbond substituents is 1. The van der Waals surface area contributed by atoms with Gasteiger partial charge in [-0.1, -0.05) is 79.4 Å². The van der Waals surface area contributed by atoms with E-state index in [0.29, 0.717) is 72.6 Å². The number of primary amides is 1. The van der Waals surface area contributed by atoms with Crippen molar-refractivity contribution in [3.8, 4) is 33.9 Å². The third kappa shape index (κ3) is 12.6. The number of urea groups is 1. The van der Waals surface area contributed by atoms with Crippen LogP contribution in [0.2, 0.25) is 5.02 Å². The molecule has 426 valence electrons. The SMILES string of the molecule is CN[C@@H](C)C(=O)NC(C(=O)N1CCC[C@H]1c1nc(-c2ccc(OCCOCCN(C)C(=O)CCNc3nc(N4CCN(C(N)=O)CC4)c4cc(Cl)c(-c5cc(O)cc6ccccc56)c(F)c4n3)c3ccccc23)cs1)C1CCCCC1. The van der Waals surface area contributed by atoms with Crippen molar-refractivity contribution in [2.75, 3.05) is 89.9 Å². The summed E-state index contributed by atoms with van der Waals surface area (Å²) in [7, 11) is 3.45. The minimum atomic E-state index is -0.698. The second kappa shape index (κ2) is 25.6. The van der Waals surface area contributed by atoms with Crippen molar-refractivity contribution in [2.45, 2.75) is 76.4 Å². The second-order valence-electron chi connectivity index (χ2n) is 21.1. The lowest BCUT2D eigenvalue weighted by atomic mass is 9.83. The van der Waals surface area contributed by atoms with Gasteiger partial charge in [-0.2, -0.15) is 4.98 Å². The summed E-state index contributed by atoms with van der Waals surface area (Å²) in [5.41, 5.74) is 7.83. The molecule has 3 aliphatic rings. The van der Waals surface area contributed by atoms with E-state index in [-0.39, 0.29) is 90.3 Å². The van der Waals surface area contributed by atoms with Gasteiger partial charge in [0.15, 0.2) is 5.82 Å². The second-order valence-corrected chi connectivity index (χ2v) is 22.4. The zero-order valence-corrected chi connectivity index (χ0v) is 47.5. The van der Waals surface area contributed by atoms with Crippen LogP contribution in [0.15, 0.2) is 84.2 Å². The lowest BCUT2D eigenvalue weighted by molar-refractivity contribution is -0.139. The molecule has 10 rings (SSSR count). The number of hydrogen-bond acceptors (Lipinski definition) is 14. The van der Waals surface area contributed by atoms with Gasteiger partial charge in [0.25, 0.3) is 0 Å². The normalized spacial score (nSPS) is 16.7. The number of nitrogens with one attached hydrogen (secondary N) is 3. The predicted octanol–water partition coefficient (Wildman–Crippen LogP) is 9.12. The molecule has 1 aliphatic carbocycles. The van der Waals surface area contributed by atoms with Gasteiger partial charge in [-0.3, -0.25) is 14.4 Å². The van der Waals surface area contributed by atoms with Crippen LogP contribution in [-0.2, 0) is 19.1 Å². The molecule has 4 heterocycles. The van der Waals surface area contributed by atoms with Gasteiger partial charge in [0.1, 0.15) is 40.5 Å². The van der Waals surface area contributed by atoms with Gasteiger partial charge in [0.2, 0.25) is 23.7 Å². The Morgan fingerprint density at radius 3 is 2.38 bits per heavy atom. The first-order valence-electron chi connectivity index (χ1n) is 27.9. The maximum Gasteiger partial charge on any atom is 0.314 e. The molecule has 18 nitrogen and oxygen atoms in total. The van der Waals surface area contributed by atoms with Crippen molar-refractivity contribution in [2.24, 2.45) is 11.7 Å². The van der Waals surface area contributed by atoms with Crippen molar-refractivity contribution in [3.05, 3.63) is 100 Å². The lowest BCUT2D eigenvalue weighted by Crippen LogP contribution is -2.55. The first kappa shape index (κ1) is 56.9. The first-order chi connectivity index (χ1) is 39.3. The monoisotopic (exact) mass is 1140 g/mol. The molecular formula is C60H69ClFN11O7S. The van der Waals surface area contributed by atoms with E-state index >= 15 is 4.39 Å². The van der Waals surface area contributed by atoms with E-state index in [2.05, 4.69) is 32.4 Å². The molecule has 2 saturated heterocycles. The molecule has 0 radical (unpaired) electrons. The Balaban J connectivity index is 0.738. The summed E-state index contributed by atoms with van der Waals surface area (Å²) >= 11 is 8.45. The largest absolute Gasteiger partial charge is 0.508 e. The maximum absolute atomic E-state index is 17.0. The minimum Gasteiger partial charge on any atom is -0.508 e. The fourth-order valence-corrected chi connectivity index (χ4v) is 12.7. The molecule has 2 aromatic heterocycles. The number of fused-ring (bicyclic) bond motifs is 3. The Morgan fingerprint density at radius 2 is 1.62 bits per heavy atom. The van der Waals surface area contributed by atoms with Gasteiger partial charge in [-0.15, -0.1) is 11.3 Å². The molecule has 5 aromatic carbocycles. The van der Waals surface area contributed by atoms with E-state index in [1.54, 1.807) is 42.5 Å². The van der Waals surface area contributed by atoms with Crippen LogP contribution >= 0.6 is 22.9 Å². The highest BCUT2D eigenvalue weighted by molar-refractivity contribution is 7.10. The number of rotatable bonds is 20. The number of nitrogens with two attached hydrogens (primary N) is 1. The standard InChI is InChI=1S/C60H69ClFN11O7S/c1-36(64-2)56(76)67-53(37-12-5-4-6-13-37)58(77)73-23-11-18-48(73)57-66-47(35-81-57)42-19-20-49(43-17-10-9-16-41(42)43)80-31-30-79-29-28-70(3)50(75)21-22-65-60-68-54-45(55(69-60)71-24-26-72(27-25-71)59(63)78)34-46(61)51(52(54)62)44-33-39(74)32-38-14-7-8-15-40(38)44/h7-10,14-17,19-20,32-37,48,53,64,74H,4-6,11-13,18,21-31H2,1-3H3,(H2,63,78)(H,67,76)(H,65,68,69)/t36-,48-,53?/m0/s1. The number of carbonyl (C=O) groups is 4. The van der Waals surface area contributed by atoms with Gasteiger partial charge in [0, 0.05) is 86.6 Å². The van der Waals surface area contributed by atoms with Crippen LogP contribution in [0.25, 0.3) is 54.8 Å². The highest BCUT2D eigenvalue weighted by Crippen LogP contribution is 2.44. The molecular weight excluding hydrogens is 1070 g/mol. The molecule has 6 N–H and O–H groups in total. The van der Waals surface area contributed by atoms with Crippen LogP contribution < -0.4 is 31.3 Å². The number of nitrogens with zero attached hydrogens (tertiary/aromatic N) is 7. The molecule has 3 fully saturated rings. The van der Waals surface area contributed by atoms with E-state index < -0.39 is 23.9 Å². The van der Waals surface area contributed by atoms with Crippen LogP contribution in [0, 0.1) is 11.7 Å².